The Bertz CT molecular complexity index is 379. The minimum Gasteiger partial charge on any atom is -0.491 e. The fourth-order valence-electron chi connectivity index (χ4n) is 2.00. The number of hydrogen-bond donors (Lipinski definition) is 3. The van der Waals surface area contributed by atoms with Gasteiger partial charge in [-0.25, -0.2) is 0 Å². The van der Waals surface area contributed by atoms with Crippen LogP contribution in [0.15, 0.2) is 18.2 Å². The lowest BCUT2D eigenvalue weighted by atomic mass is 10.1. The number of anilines is 1. The second-order valence-corrected chi connectivity index (χ2v) is 4.76. The fourth-order valence-corrected chi connectivity index (χ4v) is 2.00. The molecule has 5 nitrogen and oxygen atoms in total. The monoisotopic (exact) mass is 282 g/mol. The predicted molar refractivity (Wildman–Crippen MR) is 81.0 cm³/mol. The minimum atomic E-state index is 0.103. The molecule has 0 radical (unpaired) electrons. The third-order valence-electron chi connectivity index (χ3n) is 3.09. The Hall–Kier alpha value is -1.30. The van der Waals surface area contributed by atoms with Crippen molar-refractivity contribution in [1.82, 2.24) is 4.90 Å². The first-order valence-electron chi connectivity index (χ1n) is 7.16. The molecule has 114 valence electrons. The van der Waals surface area contributed by atoms with E-state index in [4.69, 9.17) is 20.7 Å². The second-order valence-electron chi connectivity index (χ2n) is 4.76. The number of aliphatic hydroxyl groups is 2. The summed E-state index contributed by atoms with van der Waals surface area (Å²) in [6.07, 6.45) is 1.79. The molecule has 0 heterocycles. The summed E-state index contributed by atoms with van der Waals surface area (Å²) in [4.78, 5) is 2.03. The van der Waals surface area contributed by atoms with Crippen LogP contribution in [0.3, 0.4) is 0 Å². The van der Waals surface area contributed by atoms with Crippen LogP contribution in [0.25, 0.3) is 0 Å². The molecule has 1 aromatic carbocycles. The average molecular weight is 282 g/mol. The average Bonchev–Trinajstić information content (AvgIpc) is 2.44. The molecule has 0 aromatic heterocycles. The van der Waals surface area contributed by atoms with E-state index in [0.29, 0.717) is 25.4 Å². The topological polar surface area (TPSA) is 79.0 Å². The maximum atomic E-state index is 8.96. The highest BCUT2D eigenvalue weighted by Gasteiger charge is 2.06. The van der Waals surface area contributed by atoms with Gasteiger partial charge in [-0.05, 0) is 30.5 Å². The summed E-state index contributed by atoms with van der Waals surface area (Å²) in [6.45, 7) is 4.88. The lowest BCUT2D eigenvalue weighted by Crippen LogP contribution is -2.31. The molecule has 5 heteroatoms. The van der Waals surface area contributed by atoms with Crippen LogP contribution in [-0.2, 0) is 6.42 Å². The van der Waals surface area contributed by atoms with Crippen molar-refractivity contribution in [2.24, 2.45) is 0 Å². The Morgan fingerprint density at radius 3 is 2.40 bits per heavy atom. The van der Waals surface area contributed by atoms with E-state index in [9.17, 15) is 0 Å². The van der Waals surface area contributed by atoms with Crippen molar-refractivity contribution in [3.63, 3.8) is 0 Å². The first-order valence-corrected chi connectivity index (χ1v) is 7.16. The summed E-state index contributed by atoms with van der Waals surface area (Å²) in [5.74, 6) is 0.734. The fraction of sp³-hybridized carbons (Fsp3) is 0.600. The molecule has 0 spiro atoms. The zero-order chi connectivity index (χ0) is 14.8. The van der Waals surface area contributed by atoms with Crippen molar-refractivity contribution in [1.29, 1.82) is 0 Å². The number of nitrogens with two attached hydrogens (primary N) is 1. The zero-order valence-electron chi connectivity index (χ0n) is 12.2. The third-order valence-corrected chi connectivity index (χ3v) is 3.09. The van der Waals surface area contributed by atoms with Crippen molar-refractivity contribution in [2.45, 2.75) is 19.8 Å². The molecule has 0 aliphatic rings. The number of benzene rings is 1. The molecule has 0 saturated carbocycles. The van der Waals surface area contributed by atoms with E-state index in [1.165, 1.54) is 0 Å². The predicted octanol–water partition coefficient (Wildman–Crippen LogP) is 0.887. The Kier molecular flexibility index (Phi) is 8.02. The second kappa shape index (κ2) is 9.58. The highest BCUT2D eigenvalue weighted by atomic mass is 16.5. The van der Waals surface area contributed by atoms with Gasteiger partial charge in [0.2, 0.25) is 0 Å². The summed E-state index contributed by atoms with van der Waals surface area (Å²) in [7, 11) is 0. The summed E-state index contributed by atoms with van der Waals surface area (Å²) >= 11 is 0. The van der Waals surface area contributed by atoms with Crippen molar-refractivity contribution in [3.8, 4) is 5.75 Å². The zero-order valence-corrected chi connectivity index (χ0v) is 12.2. The molecule has 0 amide bonds. The standard InChI is InChI=1S/C15H26N2O3/c1-2-11-20-15-4-3-13(12-14(15)16)5-6-17(7-9-18)8-10-19/h3-4,12,18-19H,2,5-11,16H2,1H3. The number of hydrogen-bond acceptors (Lipinski definition) is 5. The molecule has 0 atom stereocenters. The first kappa shape index (κ1) is 16.8. The maximum Gasteiger partial charge on any atom is 0.142 e. The van der Waals surface area contributed by atoms with E-state index in [1.807, 2.05) is 23.1 Å². The van der Waals surface area contributed by atoms with Gasteiger partial charge in [0.05, 0.1) is 25.5 Å². The van der Waals surface area contributed by atoms with Crippen LogP contribution < -0.4 is 10.5 Å². The van der Waals surface area contributed by atoms with Gasteiger partial charge in [-0.15, -0.1) is 0 Å². The highest BCUT2D eigenvalue weighted by Crippen LogP contribution is 2.23. The highest BCUT2D eigenvalue weighted by molar-refractivity contribution is 5.54. The van der Waals surface area contributed by atoms with Crippen LogP contribution >= 0.6 is 0 Å². The number of nitrogens with zero attached hydrogens (tertiary/aromatic N) is 1. The number of aliphatic hydroxyl groups excluding tert-OH is 2. The van der Waals surface area contributed by atoms with Crippen LogP contribution in [0.5, 0.6) is 5.75 Å². The lowest BCUT2D eigenvalue weighted by Gasteiger charge is -2.20. The first-order chi connectivity index (χ1) is 9.71. The van der Waals surface area contributed by atoms with E-state index in [0.717, 1.165) is 30.7 Å². The third kappa shape index (κ3) is 5.77. The molecule has 0 aliphatic heterocycles. The summed E-state index contributed by atoms with van der Waals surface area (Å²) in [5, 5.41) is 17.9. The maximum absolute atomic E-state index is 8.96. The van der Waals surface area contributed by atoms with E-state index >= 15 is 0 Å². The smallest absolute Gasteiger partial charge is 0.142 e. The van der Waals surface area contributed by atoms with Crippen LogP contribution in [0.1, 0.15) is 18.9 Å². The number of ether oxygens (including phenoxy) is 1. The normalized spacial score (nSPS) is 11.0. The molecule has 0 fully saturated rings. The SMILES string of the molecule is CCCOc1ccc(CCN(CCO)CCO)cc1N. The molecule has 1 aromatic rings. The van der Waals surface area contributed by atoms with Crippen molar-refractivity contribution in [2.75, 3.05) is 45.2 Å². The Balaban J connectivity index is 2.53. The van der Waals surface area contributed by atoms with Gasteiger partial charge in [0, 0.05) is 19.6 Å². The van der Waals surface area contributed by atoms with Gasteiger partial charge in [-0.3, -0.25) is 4.90 Å². The summed E-state index contributed by atoms with van der Waals surface area (Å²) in [6, 6.07) is 5.85. The van der Waals surface area contributed by atoms with E-state index in [2.05, 4.69) is 6.92 Å². The largest absolute Gasteiger partial charge is 0.491 e. The Morgan fingerprint density at radius 2 is 1.85 bits per heavy atom. The number of nitrogen functional groups attached to an aromatic ring is 1. The summed E-state index contributed by atoms with van der Waals surface area (Å²) < 4.78 is 5.54. The molecule has 0 saturated heterocycles. The molecule has 0 unspecified atom stereocenters. The van der Waals surface area contributed by atoms with Gasteiger partial charge in [0.1, 0.15) is 5.75 Å². The van der Waals surface area contributed by atoms with Crippen LogP contribution in [-0.4, -0.2) is 54.6 Å². The molecule has 4 N–H and O–H groups in total. The molecule has 0 bridgehead atoms. The molecular weight excluding hydrogens is 256 g/mol. The van der Waals surface area contributed by atoms with Crippen molar-refractivity contribution >= 4 is 5.69 Å². The molecule has 1 rings (SSSR count). The van der Waals surface area contributed by atoms with E-state index in [1.54, 1.807) is 0 Å². The van der Waals surface area contributed by atoms with Crippen molar-refractivity contribution in [3.05, 3.63) is 23.8 Å². The van der Waals surface area contributed by atoms with E-state index in [-0.39, 0.29) is 13.2 Å². The van der Waals surface area contributed by atoms with Crippen molar-refractivity contribution < 1.29 is 14.9 Å². The van der Waals surface area contributed by atoms with Crippen LogP contribution in [0.4, 0.5) is 5.69 Å². The van der Waals surface area contributed by atoms with Crippen LogP contribution in [0.2, 0.25) is 0 Å². The minimum absolute atomic E-state index is 0.103. The Labute approximate surface area is 121 Å². The van der Waals surface area contributed by atoms with Gasteiger partial charge >= 0.3 is 0 Å². The van der Waals surface area contributed by atoms with Crippen LogP contribution in [0, 0.1) is 0 Å². The van der Waals surface area contributed by atoms with Gasteiger partial charge < -0.3 is 20.7 Å². The van der Waals surface area contributed by atoms with Gasteiger partial charge in [-0.1, -0.05) is 13.0 Å². The van der Waals surface area contributed by atoms with Gasteiger partial charge in [0.25, 0.3) is 0 Å². The Morgan fingerprint density at radius 1 is 1.15 bits per heavy atom. The molecular formula is C15H26N2O3. The molecule has 20 heavy (non-hydrogen) atoms. The van der Waals surface area contributed by atoms with Gasteiger partial charge in [-0.2, -0.15) is 0 Å². The molecule has 0 aliphatic carbocycles. The number of rotatable bonds is 10. The van der Waals surface area contributed by atoms with E-state index < -0.39 is 0 Å². The van der Waals surface area contributed by atoms with Gasteiger partial charge in [0.15, 0.2) is 0 Å². The lowest BCUT2D eigenvalue weighted by molar-refractivity contribution is 0.162. The summed E-state index contributed by atoms with van der Waals surface area (Å²) in [5.41, 5.74) is 7.76. The quantitative estimate of drug-likeness (QED) is 0.555.